The van der Waals surface area contributed by atoms with Gasteiger partial charge in [0.05, 0.1) is 13.2 Å². The zero-order valence-corrected chi connectivity index (χ0v) is 6.69. The summed E-state index contributed by atoms with van der Waals surface area (Å²) >= 11 is 0. The largest absolute Gasteiger partial charge is 0.478 e. The fourth-order valence-electron chi connectivity index (χ4n) is 0.906. The van der Waals surface area contributed by atoms with E-state index in [1.165, 1.54) is 6.20 Å². The van der Waals surface area contributed by atoms with Crippen LogP contribution in [-0.2, 0) is 9.53 Å². The molecule has 1 aliphatic rings. The Labute approximate surface area is 70.6 Å². The molecule has 1 fully saturated rings. The maximum absolute atomic E-state index is 10.1. The van der Waals surface area contributed by atoms with Crippen LogP contribution in [0.25, 0.3) is 0 Å². The van der Waals surface area contributed by atoms with E-state index in [2.05, 4.69) is 5.43 Å². The third-order valence-electron chi connectivity index (χ3n) is 1.49. The van der Waals surface area contributed by atoms with Crippen molar-refractivity contribution in [3.05, 3.63) is 12.3 Å². The van der Waals surface area contributed by atoms with Crippen LogP contribution in [0.1, 0.15) is 0 Å². The summed E-state index contributed by atoms with van der Waals surface area (Å²) in [7, 11) is 0. The van der Waals surface area contributed by atoms with Gasteiger partial charge < -0.3 is 15.3 Å². The van der Waals surface area contributed by atoms with Gasteiger partial charge in [-0.15, -0.1) is 0 Å². The number of carbonyl (C=O) groups is 1. The lowest BCUT2D eigenvalue weighted by Crippen LogP contribution is -2.43. The summed E-state index contributed by atoms with van der Waals surface area (Å²) in [5.41, 5.74) is 2.84. The van der Waals surface area contributed by atoms with E-state index in [1.54, 1.807) is 0 Å². The molecule has 0 saturated carbocycles. The zero-order valence-electron chi connectivity index (χ0n) is 6.69. The van der Waals surface area contributed by atoms with Crippen LogP contribution < -0.4 is 5.43 Å². The fraction of sp³-hybridized carbons (Fsp3) is 0.571. The first-order valence-electron chi connectivity index (χ1n) is 3.77. The van der Waals surface area contributed by atoms with Crippen LogP contribution in [0.3, 0.4) is 0 Å². The number of ether oxygens (including phenoxy) is 1. The van der Waals surface area contributed by atoms with E-state index in [1.807, 2.05) is 5.01 Å². The zero-order chi connectivity index (χ0) is 8.81. The molecule has 5 nitrogen and oxygen atoms in total. The van der Waals surface area contributed by atoms with E-state index in [9.17, 15) is 4.79 Å². The number of nitrogens with zero attached hydrogens (tertiary/aromatic N) is 1. The predicted octanol–water partition coefficient (Wildman–Crippen LogP) is -0.579. The highest BCUT2D eigenvalue weighted by molar-refractivity contribution is 5.79. The molecule has 1 rings (SSSR count). The molecule has 1 aliphatic heterocycles. The lowest BCUT2D eigenvalue weighted by atomic mass is 10.5. The normalized spacial score (nSPS) is 19.7. The number of nitrogens with one attached hydrogen (secondary N) is 1. The van der Waals surface area contributed by atoms with Gasteiger partial charge in [0.15, 0.2) is 0 Å². The molecule has 1 saturated heterocycles. The van der Waals surface area contributed by atoms with Gasteiger partial charge in [-0.05, 0) is 0 Å². The molecule has 0 aromatic carbocycles. The first kappa shape index (κ1) is 9.02. The highest BCUT2D eigenvalue weighted by atomic mass is 16.5. The second-order valence-electron chi connectivity index (χ2n) is 2.40. The second-order valence-corrected chi connectivity index (χ2v) is 2.40. The Kier molecular flexibility index (Phi) is 3.56. The third-order valence-corrected chi connectivity index (χ3v) is 1.49. The lowest BCUT2D eigenvalue weighted by Gasteiger charge is -2.25. The van der Waals surface area contributed by atoms with Crippen LogP contribution in [0.5, 0.6) is 0 Å². The highest BCUT2D eigenvalue weighted by Crippen LogP contribution is 1.91. The molecule has 0 aliphatic carbocycles. The number of carboxylic acid groups (broad SMARTS) is 1. The molecule has 0 amide bonds. The minimum absolute atomic E-state index is 0.688. The molecule has 1 heterocycles. The van der Waals surface area contributed by atoms with Crippen molar-refractivity contribution in [2.45, 2.75) is 0 Å². The van der Waals surface area contributed by atoms with Crippen molar-refractivity contribution in [3.8, 4) is 0 Å². The Morgan fingerprint density at radius 2 is 2.17 bits per heavy atom. The first-order chi connectivity index (χ1) is 5.79. The maximum Gasteiger partial charge on any atom is 0.329 e. The lowest BCUT2D eigenvalue weighted by molar-refractivity contribution is -0.131. The molecular formula is C7H12N2O3. The first-order valence-corrected chi connectivity index (χ1v) is 3.77. The van der Waals surface area contributed by atoms with Crippen molar-refractivity contribution < 1.29 is 14.6 Å². The van der Waals surface area contributed by atoms with E-state index in [4.69, 9.17) is 9.84 Å². The number of hydrogen-bond acceptors (Lipinski definition) is 4. The van der Waals surface area contributed by atoms with Gasteiger partial charge in [0.25, 0.3) is 0 Å². The van der Waals surface area contributed by atoms with Crippen LogP contribution in [0.15, 0.2) is 12.3 Å². The summed E-state index contributed by atoms with van der Waals surface area (Å²) in [6.45, 7) is 2.94. The SMILES string of the molecule is O=C(O)/C=C/NN1CCOCC1. The highest BCUT2D eigenvalue weighted by Gasteiger charge is 2.07. The Hall–Kier alpha value is -1.07. The maximum atomic E-state index is 10.1. The van der Waals surface area contributed by atoms with Crippen molar-refractivity contribution >= 4 is 5.97 Å². The number of carboxylic acids is 1. The molecule has 0 aromatic rings. The number of hydrazine groups is 1. The third kappa shape index (κ3) is 3.36. The molecule has 0 atom stereocenters. The monoisotopic (exact) mass is 172 g/mol. The van der Waals surface area contributed by atoms with E-state index >= 15 is 0 Å². The molecular weight excluding hydrogens is 160 g/mol. The van der Waals surface area contributed by atoms with E-state index in [-0.39, 0.29) is 0 Å². The molecule has 0 spiro atoms. The topological polar surface area (TPSA) is 61.8 Å². The predicted molar refractivity (Wildman–Crippen MR) is 42.3 cm³/mol. The van der Waals surface area contributed by atoms with Crippen LogP contribution in [0.4, 0.5) is 0 Å². The number of morpholine rings is 1. The summed E-state index contributed by atoms with van der Waals surface area (Å²) in [6, 6.07) is 0. The van der Waals surface area contributed by atoms with Crippen LogP contribution in [0, 0.1) is 0 Å². The van der Waals surface area contributed by atoms with Crippen molar-refractivity contribution in [3.63, 3.8) is 0 Å². The molecule has 0 unspecified atom stereocenters. The van der Waals surface area contributed by atoms with Crippen LogP contribution in [0.2, 0.25) is 0 Å². The van der Waals surface area contributed by atoms with Gasteiger partial charge in [0, 0.05) is 25.4 Å². The summed E-state index contributed by atoms with van der Waals surface area (Å²) in [4.78, 5) is 10.1. The average Bonchev–Trinajstić information content (AvgIpc) is 2.05. The Bertz CT molecular complexity index is 175. The van der Waals surface area contributed by atoms with Gasteiger partial charge in [-0.2, -0.15) is 0 Å². The van der Waals surface area contributed by atoms with Gasteiger partial charge in [-0.3, -0.25) is 0 Å². The van der Waals surface area contributed by atoms with Gasteiger partial charge in [-0.25, -0.2) is 9.80 Å². The number of rotatable bonds is 3. The molecule has 2 N–H and O–H groups in total. The summed E-state index contributed by atoms with van der Waals surface area (Å²) in [6.07, 6.45) is 2.48. The minimum atomic E-state index is -0.948. The number of aliphatic carboxylic acids is 1. The summed E-state index contributed by atoms with van der Waals surface area (Å²) < 4.78 is 5.11. The van der Waals surface area contributed by atoms with E-state index in [0.717, 1.165) is 19.2 Å². The van der Waals surface area contributed by atoms with Crippen molar-refractivity contribution in [2.24, 2.45) is 0 Å². The summed E-state index contributed by atoms with van der Waals surface area (Å²) in [5, 5.41) is 10.2. The van der Waals surface area contributed by atoms with Gasteiger partial charge >= 0.3 is 5.97 Å². The molecule has 0 bridgehead atoms. The molecule has 12 heavy (non-hydrogen) atoms. The van der Waals surface area contributed by atoms with E-state index < -0.39 is 5.97 Å². The second kappa shape index (κ2) is 4.74. The van der Waals surface area contributed by atoms with Crippen LogP contribution >= 0.6 is 0 Å². The smallest absolute Gasteiger partial charge is 0.329 e. The quantitative estimate of drug-likeness (QED) is 0.558. The van der Waals surface area contributed by atoms with Crippen LogP contribution in [-0.4, -0.2) is 42.4 Å². The van der Waals surface area contributed by atoms with Crippen molar-refractivity contribution in [2.75, 3.05) is 26.3 Å². The standard InChI is InChI=1S/C7H12N2O3/c10-7(11)1-2-8-9-3-5-12-6-4-9/h1-2,8H,3-6H2,(H,10,11)/b2-1+. The minimum Gasteiger partial charge on any atom is -0.478 e. The molecule has 0 radical (unpaired) electrons. The van der Waals surface area contributed by atoms with Gasteiger partial charge in [0.1, 0.15) is 0 Å². The average molecular weight is 172 g/mol. The molecule has 0 aromatic heterocycles. The fourth-order valence-corrected chi connectivity index (χ4v) is 0.906. The van der Waals surface area contributed by atoms with Crippen molar-refractivity contribution in [1.82, 2.24) is 10.4 Å². The summed E-state index contributed by atoms with van der Waals surface area (Å²) in [5.74, 6) is -0.948. The van der Waals surface area contributed by atoms with Gasteiger partial charge in [0.2, 0.25) is 0 Å². The van der Waals surface area contributed by atoms with Crippen molar-refractivity contribution in [1.29, 1.82) is 0 Å². The Morgan fingerprint density at radius 3 is 2.75 bits per heavy atom. The van der Waals surface area contributed by atoms with E-state index in [0.29, 0.717) is 13.2 Å². The Balaban J connectivity index is 2.17. The molecule has 5 heteroatoms. The van der Waals surface area contributed by atoms with Gasteiger partial charge in [-0.1, -0.05) is 0 Å². The number of hydrogen-bond donors (Lipinski definition) is 2. The molecule has 68 valence electrons. The Morgan fingerprint density at radius 1 is 1.50 bits per heavy atom.